The molecule has 0 radical (unpaired) electrons. The fourth-order valence-corrected chi connectivity index (χ4v) is 1.68. The molecule has 1 nitrogen and oxygen atoms in total. The van der Waals surface area contributed by atoms with Gasteiger partial charge in [-0.25, -0.2) is 0 Å². The zero-order valence-electron chi connectivity index (χ0n) is 6.39. The number of hydrogen-bond acceptors (Lipinski definition) is 1. The van der Waals surface area contributed by atoms with E-state index < -0.39 is 0 Å². The standard InChI is InChI=1S/C8H16O/c1-7-4-3-5-8(7)6-9-2/h7-8H,3-6H2,1-2H3/t7-,8-/m1/s1. The van der Waals surface area contributed by atoms with E-state index in [1.807, 2.05) is 0 Å². The van der Waals surface area contributed by atoms with Crippen LogP contribution in [0.5, 0.6) is 0 Å². The number of hydrogen-bond donors (Lipinski definition) is 0. The van der Waals surface area contributed by atoms with E-state index in [1.165, 1.54) is 19.3 Å². The van der Waals surface area contributed by atoms with Gasteiger partial charge in [-0.2, -0.15) is 0 Å². The maximum absolute atomic E-state index is 5.10. The lowest BCUT2D eigenvalue weighted by Crippen LogP contribution is -2.10. The Morgan fingerprint density at radius 3 is 2.67 bits per heavy atom. The lowest BCUT2D eigenvalue weighted by atomic mass is 10.00. The normalized spacial score (nSPS) is 35.3. The molecule has 1 aliphatic rings. The van der Waals surface area contributed by atoms with Gasteiger partial charge in [0.1, 0.15) is 0 Å². The minimum absolute atomic E-state index is 0.856. The minimum Gasteiger partial charge on any atom is -0.384 e. The Hall–Kier alpha value is -0.0400. The molecule has 0 spiro atoms. The van der Waals surface area contributed by atoms with Crippen LogP contribution >= 0.6 is 0 Å². The van der Waals surface area contributed by atoms with Gasteiger partial charge in [-0.05, 0) is 18.3 Å². The molecule has 1 saturated carbocycles. The highest BCUT2D eigenvalue weighted by Crippen LogP contribution is 2.30. The summed E-state index contributed by atoms with van der Waals surface area (Å²) in [6, 6.07) is 0. The first-order chi connectivity index (χ1) is 4.34. The Bertz CT molecular complexity index is 80.6. The molecular formula is C8H16O. The van der Waals surface area contributed by atoms with Gasteiger partial charge in [0.05, 0.1) is 0 Å². The summed E-state index contributed by atoms with van der Waals surface area (Å²) < 4.78 is 5.10. The highest BCUT2D eigenvalue weighted by atomic mass is 16.5. The van der Waals surface area contributed by atoms with Crippen LogP contribution in [-0.4, -0.2) is 13.7 Å². The van der Waals surface area contributed by atoms with E-state index in [0.29, 0.717) is 0 Å². The summed E-state index contributed by atoms with van der Waals surface area (Å²) in [5.74, 6) is 1.76. The summed E-state index contributed by atoms with van der Waals surface area (Å²) in [6.45, 7) is 3.30. The Kier molecular flexibility index (Phi) is 2.52. The molecule has 0 aromatic rings. The van der Waals surface area contributed by atoms with Gasteiger partial charge in [-0.1, -0.05) is 19.8 Å². The number of ether oxygens (including phenoxy) is 1. The van der Waals surface area contributed by atoms with Crippen LogP contribution in [0.3, 0.4) is 0 Å². The molecule has 0 unspecified atom stereocenters. The molecule has 0 heterocycles. The first kappa shape index (κ1) is 7.07. The highest BCUT2D eigenvalue weighted by molar-refractivity contribution is 4.73. The molecule has 54 valence electrons. The van der Waals surface area contributed by atoms with Crippen LogP contribution in [0.2, 0.25) is 0 Å². The summed E-state index contributed by atoms with van der Waals surface area (Å²) in [4.78, 5) is 0. The van der Waals surface area contributed by atoms with Crippen molar-refractivity contribution in [2.45, 2.75) is 26.2 Å². The maximum Gasteiger partial charge on any atom is 0.0493 e. The molecule has 0 amide bonds. The van der Waals surface area contributed by atoms with Gasteiger partial charge >= 0.3 is 0 Å². The molecule has 0 aromatic carbocycles. The Morgan fingerprint density at radius 1 is 1.44 bits per heavy atom. The molecule has 1 rings (SSSR count). The summed E-state index contributed by atoms with van der Waals surface area (Å²) in [5, 5.41) is 0. The largest absolute Gasteiger partial charge is 0.384 e. The molecule has 0 aliphatic heterocycles. The van der Waals surface area contributed by atoms with Crippen molar-refractivity contribution in [1.82, 2.24) is 0 Å². The maximum atomic E-state index is 5.10. The molecule has 0 bridgehead atoms. The van der Waals surface area contributed by atoms with E-state index in [1.54, 1.807) is 7.11 Å². The fraction of sp³-hybridized carbons (Fsp3) is 1.00. The molecular weight excluding hydrogens is 112 g/mol. The topological polar surface area (TPSA) is 9.23 Å². The van der Waals surface area contributed by atoms with Gasteiger partial charge in [-0.15, -0.1) is 0 Å². The molecule has 9 heavy (non-hydrogen) atoms. The lowest BCUT2D eigenvalue weighted by Gasteiger charge is -2.12. The van der Waals surface area contributed by atoms with E-state index in [4.69, 9.17) is 4.74 Å². The highest BCUT2D eigenvalue weighted by Gasteiger charge is 2.22. The summed E-state index contributed by atoms with van der Waals surface area (Å²) in [7, 11) is 1.80. The van der Waals surface area contributed by atoms with Crippen LogP contribution in [0.25, 0.3) is 0 Å². The minimum atomic E-state index is 0.856. The number of methoxy groups -OCH3 is 1. The molecule has 0 aromatic heterocycles. The van der Waals surface area contributed by atoms with E-state index >= 15 is 0 Å². The van der Waals surface area contributed by atoms with Crippen molar-refractivity contribution in [3.8, 4) is 0 Å². The molecule has 1 heteroatoms. The predicted octanol–water partition coefficient (Wildman–Crippen LogP) is 2.07. The van der Waals surface area contributed by atoms with Crippen LogP contribution in [-0.2, 0) is 4.74 Å². The van der Waals surface area contributed by atoms with Gasteiger partial charge in [0.15, 0.2) is 0 Å². The summed E-state index contributed by atoms with van der Waals surface area (Å²) >= 11 is 0. The van der Waals surface area contributed by atoms with Crippen LogP contribution in [0.15, 0.2) is 0 Å². The average molecular weight is 128 g/mol. The van der Waals surface area contributed by atoms with Crippen LogP contribution in [0.1, 0.15) is 26.2 Å². The first-order valence-corrected chi connectivity index (χ1v) is 3.83. The van der Waals surface area contributed by atoms with Crippen LogP contribution in [0, 0.1) is 11.8 Å². The third kappa shape index (κ3) is 1.68. The van der Waals surface area contributed by atoms with E-state index in [2.05, 4.69) is 6.92 Å². The Balaban J connectivity index is 2.22. The van der Waals surface area contributed by atoms with Crippen molar-refractivity contribution in [3.05, 3.63) is 0 Å². The fourth-order valence-electron chi connectivity index (χ4n) is 1.68. The van der Waals surface area contributed by atoms with Crippen molar-refractivity contribution < 1.29 is 4.74 Å². The van der Waals surface area contributed by atoms with Crippen molar-refractivity contribution in [2.24, 2.45) is 11.8 Å². The zero-order valence-corrected chi connectivity index (χ0v) is 6.39. The van der Waals surface area contributed by atoms with Crippen LogP contribution < -0.4 is 0 Å². The Labute approximate surface area is 57.4 Å². The second-order valence-electron chi connectivity index (χ2n) is 3.12. The summed E-state index contributed by atoms with van der Waals surface area (Å²) in [6.07, 6.45) is 4.21. The van der Waals surface area contributed by atoms with Crippen molar-refractivity contribution in [2.75, 3.05) is 13.7 Å². The monoisotopic (exact) mass is 128 g/mol. The third-order valence-electron chi connectivity index (χ3n) is 2.42. The van der Waals surface area contributed by atoms with Crippen molar-refractivity contribution in [1.29, 1.82) is 0 Å². The average Bonchev–Trinajstić information content (AvgIpc) is 2.18. The second-order valence-corrected chi connectivity index (χ2v) is 3.12. The SMILES string of the molecule is COC[C@H]1CCC[C@H]1C. The summed E-state index contributed by atoms with van der Waals surface area (Å²) in [5.41, 5.74) is 0. The molecule has 1 aliphatic carbocycles. The van der Waals surface area contributed by atoms with Crippen molar-refractivity contribution in [3.63, 3.8) is 0 Å². The lowest BCUT2D eigenvalue weighted by molar-refractivity contribution is 0.137. The smallest absolute Gasteiger partial charge is 0.0493 e. The van der Waals surface area contributed by atoms with E-state index in [0.717, 1.165) is 18.4 Å². The van der Waals surface area contributed by atoms with Gasteiger partial charge in [0.25, 0.3) is 0 Å². The van der Waals surface area contributed by atoms with E-state index in [-0.39, 0.29) is 0 Å². The molecule has 1 fully saturated rings. The van der Waals surface area contributed by atoms with Gasteiger partial charge in [0.2, 0.25) is 0 Å². The van der Waals surface area contributed by atoms with Gasteiger partial charge in [0, 0.05) is 13.7 Å². The molecule has 2 atom stereocenters. The van der Waals surface area contributed by atoms with Crippen LogP contribution in [0.4, 0.5) is 0 Å². The quantitative estimate of drug-likeness (QED) is 0.553. The number of rotatable bonds is 2. The molecule has 0 saturated heterocycles. The van der Waals surface area contributed by atoms with Crippen molar-refractivity contribution >= 4 is 0 Å². The zero-order chi connectivity index (χ0) is 6.69. The van der Waals surface area contributed by atoms with Gasteiger partial charge < -0.3 is 4.74 Å². The predicted molar refractivity (Wildman–Crippen MR) is 38.4 cm³/mol. The van der Waals surface area contributed by atoms with E-state index in [9.17, 15) is 0 Å². The first-order valence-electron chi connectivity index (χ1n) is 3.83. The van der Waals surface area contributed by atoms with Gasteiger partial charge in [-0.3, -0.25) is 0 Å². The second kappa shape index (κ2) is 3.21. The molecule has 0 N–H and O–H groups in total. The third-order valence-corrected chi connectivity index (χ3v) is 2.42. The Morgan fingerprint density at radius 2 is 2.22 bits per heavy atom.